The van der Waals surface area contributed by atoms with E-state index in [4.69, 9.17) is 11.6 Å². The number of Topliss-reactive ketones (excluding diaryl/α,β-unsaturated/α-hetero) is 1. The minimum atomic E-state index is -0.0716. The molecule has 0 spiro atoms. The Kier molecular flexibility index (Phi) is 7.09. The number of piperidine rings is 1. The molecule has 164 valence electrons. The SMILES string of the molecule is CC(=O)c1cccc(C(=O)NC2CCCC2N2CCC(Cc3ccc(Cl)cc3)CC2)c1. The Balaban J connectivity index is 1.31. The van der Waals surface area contributed by atoms with Gasteiger partial charge in [0.25, 0.3) is 5.91 Å². The Bertz CT molecular complexity index is 919. The summed E-state index contributed by atoms with van der Waals surface area (Å²) in [7, 11) is 0. The molecule has 1 aliphatic heterocycles. The second-order valence-corrected chi connectivity index (χ2v) is 9.46. The number of benzene rings is 2. The van der Waals surface area contributed by atoms with E-state index in [9.17, 15) is 9.59 Å². The van der Waals surface area contributed by atoms with Gasteiger partial charge in [-0.05, 0) is 94.3 Å². The molecule has 1 amide bonds. The number of carbonyl (C=O) groups excluding carboxylic acids is 2. The Morgan fingerprint density at radius 1 is 1.00 bits per heavy atom. The molecular formula is C26H31ClN2O2. The highest BCUT2D eigenvalue weighted by atomic mass is 35.5. The Labute approximate surface area is 190 Å². The molecule has 2 fully saturated rings. The molecule has 2 atom stereocenters. The first kappa shape index (κ1) is 22.0. The van der Waals surface area contributed by atoms with E-state index in [1.54, 1.807) is 24.3 Å². The maximum absolute atomic E-state index is 12.8. The fourth-order valence-corrected chi connectivity index (χ4v) is 5.25. The molecule has 0 aromatic heterocycles. The molecule has 1 saturated heterocycles. The lowest BCUT2D eigenvalue weighted by molar-refractivity contribution is 0.0862. The van der Waals surface area contributed by atoms with Gasteiger partial charge in [-0.25, -0.2) is 0 Å². The maximum atomic E-state index is 12.8. The van der Waals surface area contributed by atoms with Crippen molar-refractivity contribution in [2.75, 3.05) is 13.1 Å². The third-order valence-electron chi connectivity index (χ3n) is 6.88. The van der Waals surface area contributed by atoms with Crippen molar-refractivity contribution in [3.8, 4) is 0 Å². The first-order valence-corrected chi connectivity index (χ1v) is 11.8. The molecule has 0 radical (unpaired) electrons. The van der Waals surface area contributed by atoms with Crippen molar-refractivity contribution in [3.63, 3.8) is 0 Å². The van der Waals surface area contributed by atoms with Crippen LogP contribution in [0.3, 0.4) is 0 Å². The molecule has 2 unspecified atom stereocenters. The van der Waals surface area contributed by atoms with E-state index in [0.717, 1.165) is 43.8 Å². The van der Waals surface area contributed by atoms with Crippen molar-refractivity contribution in [1.29, 1.82) is 0 Å². The lowest BCUT2D eigenvalue weighted by Gasteiger charge is -2.38. The zero-order chi connectivity index (χ0) is 21.8. The Morgan fingerprint density at radius 3 is 2.42 bits per heavy atom. The van der Waals surface area contributed by atoms with Crippen molar-refractivity contribution in [1.82, 2.24) is 10.2 Å². The van der Waals surface area contributed by atoms with Crippen LogP contribution in [0.4, 0.5) is 0 Å². The van der Waals surface area contributed by atoms with Gasteiger partial charge in [-0.1, -0.05) is 35.9 Å². The number of rotatable bonds is 6. The summed E-state index contributed by atoms with van der Waals surface area (Å²) in [5, 5.41) is 4.05. The van der Waals surface area contributed by atoms with Crippen LogP contribution in [0.2, 0.25) is 5.02 Å². The van der Waals surface area contributed by atoms with E-state index in [1.165, 1.54) is 25.3 Å². The normalized spacial score (nSPS) is 22.4. The molecular weight excluding hydrogens is 408 g/mol. The number of nitrogens with zero attached hydrogens (tertiary/aromatic N) is 1. The van der Waals surface area contributed by atoms with Crippen LogP contribution in [0.5, 0.6) is 0 Å². The van der Waals surface area contributed by atoms with Gasteiger partial charge in [0.15, 0.2) is 5.78 Å². The van der Waals surface area contributed by atoms with Crippen LogP contribution in [-0.4, -0.2) is 41.8 Å². The van der Waals surface area contributed by atoms with Gasteiger partial charge in [0.05, 0.1) is 0 Å². The highest BCUT2D eigenvalue weighted by Crippen LogP contribution is 2.30. The molecule has 1 saturated carbocycles. The summed E-state index contributed by atoms with van der Waals surface area (Å²) in [6.45, 7) is 3.71. The smallest absolute Gasteiger partial charge is 0.251 e. The number of ketones is 1. The van der Waals surface area contributed by atoms with Gasteiger partial charge >= 0.3 is 0 Å². The van der Waals surface area contributed by atoms with Crippen molar-refractivity contribution in [2.45, 2.75) is 57.5 Å². The van der Waals surface area contributed by atoms with E-state index >= 15 is 0 Å². The van der Waals surface area contributed by atoms with Gasteiger partial charge < -0.3 is 5.32 Å². The Morgan fingerprint density at radius 2 is 1.71 bits per heavy atom. The van der Waals surface area contributed by atoms with E-state index < -0.39 is 0 Å². The van der Waals surface area contributed by atoms with Gasteiger partial charge in [0, 0.05) is 28.2 Å². The number of hydrogen-bond donors (Lipinski definition) is 1. The summed E-state index contributed by atoms with van der Waals surface area (Å²) in [6.07, 6.45) is 6.81. The average molecular weight is 439 g/mol. The molecule has 0 bridgehead atoms. The van der Waals surface area contributed by atoms with E-state index in [1.807, 2.05) is 12.1 Å². The summed E-state index contributed by atoms with van der Waals surface area (Å²) >= 11 is 6.00. The third kappa shape index (κ3) is 5.55. The predicted molar refractivity (Wildman–Crippen MR) is 125 cm³/mol. The monoisotopic (exact) mass is 438 g/mol. The summed E-state index contributed by atoms with van der Waals surface area (Å²) in [5.74, 6) is 0.619. The zero-order valence-corrected chi connectivity index (χ0v) is 18.9. The molecule has 1 N–H and O–H groups in total. The highest BCUT2D eigenvalue weighted by Gasteiger charge is 2.35. The topological polar surface area (TPSA) is 49.4 Å². The van der Waals surface area contributed by atoms with Crippen molar-refractivity contribution < 1.29 is 9.59 Å². The van der Waals surface area contributed by atoms with Crippen LogP contribution in [-0.2, 0) is 6.42 Å². The third-order valence-corrected chi connectivity index (χ3v) is 7.14. The summed E-state index contributed by atoms with van der Waals surface area (Å²) in [4.78, 5) is 27.1. The van der Waals surface area contributed by atoms with Crippen molar-refractivity contribution in [2.24, 2.45) is 5.92 Å². The zero-order valence-electron chi connectivity index (χ0n) is 18.1. The van der Waals surface area contributed by atoms with Crippen molar-refractivity contribution in [3.05, 3.63) is 70.2 Å². The number of hydrogen-bond acceptors (Lipinski definition) is 3. The minimum Gasteiger partial charge on any atom is -0.348 e. The number of likely N-dealkylation sites (tertiary alicyclic amines) is 1. The van der Waals surface area contributed by atoms with Gasteiger partial charge in [-0.2, -0.15) is 0 Å². The summed E-state index contributed by atoms with van der Waals surface area (Å²) < 4.78 is 0. The second kappa shape index (κ2) is 9.97. The molecule has 1 aliphatic carbocycles. The fraction of sp³-hybridized carbons (Fsp3) is 0.462. The average Bonchev–Trinajstić information content (AvgIpc) is 3.24. The van der Waals surface area contributed by atoms with Crippen LogP contribution in [0.15, 0.2) is 48.5 Å². The van der Waals surface area contributed by atoms with Crippen LogP contribution in [0.1, 0.15) is 65.3 Å². The van der Waals surface area contributed by atoms with Crippen LogP contribution in [0, 0.1) is 5.92 Å². The van der Waals surface area contributed by atoms with Gasteiger partial charge in [-0.15, -0.1) is 0 Å². The fourth-order valence-electron chi connectivity index (χ4n) is 5.12. The Hall–Kier alpha value is -2.17. The van der Waals surface area contributed by atoms with Gasteiger partial charge in [-0.3, -0.25) is 14.5 Å². The first-order chi connectivity index (χ1) is 15.0. The second-order valence-electron chi connectivity index (χ2n) is 9.03. The molecule has 31 heavy (non-hydrogen) atoms. The summed E-state index contributed by atoms with van der Waals surface area (Å²) in [6, 6.07) is 15.8. The molecule has 2 aromatic rings. The van der Waals surface area contributed by atoms with Gasteiger partial charge in [0.2, 0.25) is 0 Å². The minimum absolute atomic E-state index is 0.0186. The highest BCUT2D eigenvalue weighted by molar-refractivity contribution is 6.30. The number of amides is 1. The van der Waals surface area contributed by atoms with Crippen LogP contribution < -0.4 is 5.32 Å². The molecule has 1 heterocycles. The van der Waals surface area contributed by atoms with E-state index in [2.05, 4.69) is 22.3 Å². The quantitative estimate of drug-likeness (QED) is 0.634. The van der Waals surface area contributed by atoms with Crippen LogP contribution >= 0.6 is 11.6 Å². The van der Waals surface area contributed by atoms with E-state index in [0.29, 0.717) is 23.1 Å². The van der Waals surface area contributed by atoms with Gasteiger partial charge in [0.1, 0.15) is 0 Å². The summed E-state index contributed by atoms with van der Waals surface area (Å²) in [5.41, 5.74) is 2.51. The van der Waals surface area contributed by atoms with Crippen LogP contribution in [0.25, 0.3) is 0 Å². The molecule has 2 aliphatic rings. The lowest BCUT2D eigenvalue weighted by Crippen LogP contribution is -2.51. The number of halogens is 1. The molecule has 2 aromatic carbocycles. The van der Waals surface area contributed by atoms with E-state index in [-0.39, 0.29) is 17.7 Å². The standard InChI is InChI=1S/C26H31ClN2O2/c1-18(30)21-4-2-5-22(17-21)26(31)28-24-6-3-7-25(24)29-14-12-20(13-15-29)16-19-8-10-23(27)11-9-19/h2,4-5,8-11,17,20,24-25H,3,6-7,12-16H2,1H3,(H,28,31). The predicted octanol–water partition coefficient (Wildman–Crippen LogP) is 5.15. The lowest BCUT2D eigenvalue weighted by atomic mass is 9.89. The molecule has 5 heteroatoms. The number of nitrogens with one attached hydrogen (secondary N) is 1. The maximum Gasteiger partial charge on any atom is 0.251 e. The van der Waals surface area contributed by atoms with Crippen molar-refractivity contribution >= 4 is 23.3 Å². The molecule has 4 nitrogen and oxygen atoms in total. The number of carbonyl (C=O) groups is 2. The first-order valence-electron chi connectivity index (χ1n) is 11.4. The molecule has 4 rings (SSSR count). The largest absolute Gasteiger partial charge is 0.348 e.